The van der Waals surface area contributed by atoms with Gasteiger partial charge in [-0.15, -0.1) is 0 Å². The second-order valence-electron chi connectivity index (χ2n) is 3.27. The van der Waals surface area contributed by atoms with Gasteiger partial charge in [-0.05, 0) is 26.0 Å². The van der Waals surface area contributed by atoms with Gasteiger partial charge in [0.1, 0.15) is 5.76 Å². The van der Waals surface area contributed by atoms with Crippen molar-refractivity contribution in [1.82, 2.24) is 4.98 Å². The predicted molar refractivity (Wildman–Crippen MR) is 57.8 cm³/mol. The van der Waals surface area contributed by atoms with E-state index in [4.69, 9.17) is 8.21 Å². The maximum Gasteiger partial charge on any atom is 0.482 e. The number of hydrogen-bond acceptors (Lipinski definition) is 3. The summed E-state index contributed by atoms with van der Waals surface area (Å²) < 4.78 is 10.7. The van der Waals surface area contributed by atoms with E-state index in [2.05, 4.69) is 21.6 Å². The Balaban J connectivity index is 2.53. The third-order valence-electron chi connectivity index (χ3n) is 2.27. The van der Waals surface area contributed by atoms with Gasteiger partial charge in [0.15, 0.2) is 0 Å². The van der Waals surface area contributed by atoms with Crippen molar-refractivity contribution >= 4 is 16.6 Å². The molecule has 4 heteroatoms. The van der Waals surface area contributed by atoms with Crippen LogP contribution in [-0.2, 0) is 0 Å². The lowest BCUT2D eigenvalue weighted by Gasteiger charge is -2.06. The van der Waals surface area contributed by atoms with Crippen LogP contribution in [0.3, 0.4) is 0 Å². The van der Waals surface area contributed by atoms with Crippen molar-refractivity contribution in [2.24, 2.45) is 0 Å². The highest BCUT2D eigenvalue weighted by molar-refractivity contribution is 6.00. The molecule has 0 unspecified atom stereocenters. The summed E-state index contributed by atoms with van der Waals surface area (Å²) in [7, 11) is 0. The molecule has 0 aliphatic heterocycles. The van der Waals surface area contributed by atoms with Crippen LogP contribution in [0.1, 0.15) is 11.5 Å². The minimum absolute atomic E-state index is 0.600. The van der Waals surface area contributed by atoms with Crippen molar-refractivity contribution < 1.29 is 8.21 Å². The second-order valence-corrected chi connectivity index (χ2v) is 3.51. The van der Waals surface area contributed by atoms with Gasteiger partial charge in [-0.3, -0.25) is 0 Å². The summed E-state index contributed by atoms with van der Waals surface area (Å²) >= 11 is 2.23. The van der Waals surface area contributed by atoms with Crippen LogP contribution in [0.4, 0.5) is 0 Å². The first-order chi connectivity index (χ1) is 7.22. The summed E-state index contributed by atoms with van der Waals surface area (Å²) in [6.45, 7) is 3.82. The molecule has 1 aromatic heterocycles. The molecule has 2 radical (unpaired) electrons. The number of hydrogen-bond donors (Lipinski definition) is 0. The Bertz CT molecular complexity index is 460. The van der Waals surface area contributed by atoms with E-state index >= 15 is 0 Å². The smallest absolute Gasteiger partial charge is 0.482 e. The molecule has 1 aromatic carbocycles. The topological polar surface area (TPSA) is 35.3 Å². The van der Waals surface area contributed by atoms with Gasteiger partial charge in [-0.1, -0.05) is 12.1 Å². The maximum absolute atomic E-state index is 5.54. The lowest BCUT2D eigenvalue weighted by Crippen LogP contribution is -1.88. The van der Waals surface area contributed by atoms with Crippen LogP contribution >= 0.6 is 0 Å². The van der Waals surface area contributed by atoms with Crippen molar-refractivity contribution in [1.29, 1.82) is 0 Å². The third kappa shape index (κ3) is 1.92. The van der Waals surface area contributed by atoms with Gasteiger partial charge in [0, 0.05) is 0 Å². The van der Waals surface area contributed by atoms with Crippen LogP contribution in [-0.4, -0.2) is 21.6 Å². The first-order valence-corrected chi connectivity index (χ1v) is 5.09. The zero-order chi connectivity index (χ0) is 10.8. The standard InChI is InChI=1S/C11H11NO2.Al/c1-7-8(2)14-11(12-7)9-5-3-4-6-10(9)13;/h3-6,13H,1-2H3;/q;+1/p-1. The van der Waals surface area contributed by atoms with Gasteiger partial charge in [0.25, 0.3) is 0 Å². The Morgan fingerprint density at radius 1 is 1.27 bits per heavy atom. The number of oxazole rings is 1. The highest BCUT2D eigenvalue weighted by atomic mass is 27.1. The average Bonchev–Trinajstić information content (AvgIpc) is 2.59. The molecule has 0 spiro atoms. The Kier molecular flexibility index (Phi) is 2.81. The minimum atomic E-state index is 0.600. The molecule has 15 heavy (non-hydrogen) atoms. The van der Waals surface area contributed by atoms with Crippen LogP contribution in [0.5, 0.6) is 5.75 Å². The van der Waals surface area contributed by atoms with E-state index in [1.165, 1.54) is 0 Å². The van der Waals surface area contributed by atoms with E-state index in [1.807, 2.05) is 38.1 Å². The minimum Gasteiger partial charge on any atom is -0.653 e. The van der Waals surface area contributed by atoms with E-state index < -0.39 is 0 Å². The molecule has 2 rings (SSSR count). The zero-order valence-corrected chi connectivity index (χ0v) is 9.81. The molecule has 74 valence electrons. The molecule has 3 nitrogen and oxygen atoms in total. The summed E-state index contributed by atoms with van der Waals surface area (Å²) in [4.78, 5) is 4.33. The normalized spacial score (nSPS) is 10.3. The molecule has 0 saturated heterocycles. The van der Waals surface area contributed by atoms with E-state index in [0.29, 0.717) is 5.89 Å². The Hall–Kier alpha value is -1.24. The summed E-state index contributed by atoms with van der Waals surface area (Å²) in [6.07, 6.45) is 0. The van der Waals surface area contributed by atoms with Crippen LogP contribution in [0.2, 0.25) is 0 Å². The molecule has 0 fully saturated rings. The first-order valence-electron chi connectivity index (χ1n) is 4.62. The van der Waals surface area contributed by atoms with Crippen molar-refractivity contribution in [3.8, 4) is 17.2 Å². The number of nitrogens with zero attached hydrogens (tertiary/aromatic N) is 1. The van der Waals surface area contributed by atoms with Gasteiger partial charge in [0.05, 0.1) is 17.0 Å². The maximum atomic E-state index is 5.54. The average molecular weight is 215 g/mol. The van der Waals surface area contributed by atoms with Crippen LogP contribution in [0.15, 0.2) is 28.7 Å². The van der Waals surface area contributed by atoms with Gasteiger partial charge in [0.2, 0.25) is 5.89 Å². The van der Waals surface area contributed by atoms with E-state index in [0.717, 1.165) is 22.8 Å². The largest absolute Gasteiger partial charge is 0.653 e. The Morgan fingerprint density at radius 3 is 2.60 bits per heavy atom. The Morgan fingerprint density at radius 2 is 2.00 bits per heavy atom. The molecule has 0 atom stereocenters. The summed E-state index contributed by atoms with van der Waals surface area (Å²) in [5.41, 5.74) is 1.77. The number of benzene rings is 1. The number of para-hydroxylation sites is 1. The summed E-state index contributed by atoms with van der Waals surface area (Å²) in [5.74, 6) is 2.18. The van der Waals surface area contributed by atoms with E-state index in [-0.39, 0.29) is 0 Å². The SMILES string of the molecule is Cc1nc(-c2ccccc2[O][Al])oc1C. The van der Waals surface area contributed by atoms with Crippen LogP contribution in [0, 0.1) is 13.8 Å². The van der Waals surface area contributed by atoms with Crippen molar-refractivity contribution in [3.05, 3.63) is 35.7 Å². The molecule has 1 heterocycles. The summed E-state index contributed by atoms with van der Waals surface area (Å²) in [5, 5.41) is 0. The lowest BCUT2D eigenvalue weighted by atomic mass is 10.2. The molecule has 0 aliphatic carbocycles. The van der Waals surface area contributed by atoms with Gasteiger partial charge in [-0.2, -0.15) is 0 Å². The van der Waals surface area contributed by atoms with Gasteiger partial charge >= 0.3 is 16.6 Å². The zero-order valence-electron chi connectivity index (χ0n) is 8.65. The molecule has 0 saturated carbocycles. The predicted octanol–water partition coefficient (Wildman–Crippen LogP) is 2.42. The fourth-order valence-corrected chi connectivity index (χ4v) is 1.54. The fourth-order valence-electron chi connectivity index (χ4n) is 1.33. The molecule has 0 amide bonds. The second kappa shape index (κ2) is 4.10. The molecule has 2 aromatic rings. The Labute approximate surface area is 96.8 Å². The van der Waals surface area contributed by atoms with Crippen LogP contribution in [0.25, 0.3) is 11.5 Å². The highest BCUT2D eigenvalue weighted by Crippen LogP contribution is 2.29. The number of aromatic nitrogens is 1. The first kappa shape index (κ1) is 10.3. The molecule has 0 bridgehead atoms. The quantitative estimate of drug-likeness (QED) is 0.721. The fraction of sp³-hybridized carbons (Fsp3) is 0.182. The van der Waals surface area contributed by atoms with Gasteiger partial charge < -0.3 is 8.21 Å². The molecule has 0 aliphatic rings. The van der Waals surface area contributed by atoms with Crippen LogP contribution < -0.4 is 3.79 Å². The number of rotatable bonds is 2. The number of aryl methyl sites for hydroxylation is 2. The van der Waals surface area contributed by atoms with Gasteiger partial charge in [-0.25, -0.2) is 4.98 Å². The molecule has 0 N–H and O–H groups in total. The van der Waals surface area contributed by atoms with Crippen molar-refractivity contribution in [3.63, 3.8) is 0 Å². The molecular formula is C11H10AlNO2. The highest BCUT2D eigenvalue weighted by Gasteiger charge is 2.11. The molecular weight excluding hydrogens is 205 g/mol. The lowest BCUT2D eigenvalue weighted by molar-refractivity contribution is 0.535. The summed E-state index contributed by atoms with van der Waals surface area (Å²) in [6, 6.07) is 7.63. The monoisotopic (exact) mass is 215 g/mol. The van der Waals surface area contributed by atoms with E-state index in [9.17, 15) is 0 Å². The van der Waals surface area contributed by atoms with Crippen molar-refractivity contribution in [2.45, 2.75) is 13.8 Å². The van der Waals surface area contributed by atoms with E-state index in [1.54, 1.807) is 0 Å². The van der Waals surface area contributed by atoms with Crippen molar-refractivity contribution in [2.75, 3.05) is 0 Å². The third-order valence-corrected chi connectivity index (χ3v) is 2.53.